The Hall–Kier alpha value is -3.00. The van der Waals surface area contributed by atoms with E-state index in [2.05, 4.69) is 0 Å². The summed E-state index contributed by atoms with van der Waals surface area (Å²) in [5, 5.41) is 21.0. The number of ketones is 1. The number of benzene rings is 2. The van der Waals surface area contributed by atoms with Gasteiger partial charge in [-0.15, -0.1) is 0 Å². The first-order chi connectivity index (χ1) is 9.61. The van der Waals surface area contributed by atoms with E-state index in [0.717, 1.165) is 6.07 Å². The number of fused-ring (bicyclic) bond motifs is 1. The van der Waals surface area contributed by atoms with Gasteiger partial charge in [0.05, 0.1) is 17.2 Å². The van der Waals surface area contributed by atoms with Crippen LogP contribution in [0.3, 0.4) is 0 Å². The third kappa shape index (κ3) is 1.67. The molecule has 20 heavy (non-hydrogen) atoms. The van der Waals surface area contributed by atoms with Crippen molar-refractivity contribution in [2.45, 2.75) is 0 Å². The second-order valence-electron chi connectivity index (χ2n) is 4.33. The minimum absolute atomic E-state index is 0.130. The first-order valence-electron chi connectivity index (χ1n) is 5.81. The fourth-order valence-electron chi connectivity index (χ4n) is 2.19. The van der Waals surface area contributed by atoms with Crippen molar-refractivity contribution >= 4 is 17.2 Å². The Labute approximate surface area is 113 Å². The van der Waals surface area contributed by atoms with E-state index in [1.807, 2.05) is 6.07 Å². The van der Waals surface area contributed by atoms with E-state index < -0.39 is 11.6 Å². The van der Waals surface area contributed by atoms with E-state index in [9.17, 15) is 14.4 Å². The highest BCUT2D eigenvalue weighted by Gasteiger charge is 2.36. The van der Waals surface area contributed by atoms with Gasteiger partial charge >= 0.3 is 0 Å². The molecule has 0 unspecified atom stereocenters. The van der Waals surface area contributed by atoms with Gasteiger partial charge < -0.3 is 5.21 Å². The summed E-state index contributed by atoms with van der Waals surface area (Å²) in [7, 11) is 0. The predicted molar refractivity (Wildman–Crippen MR) is 69.3 cm³/mol. The van der Waals surface area contributed by atoms with Crippen molar-refractivity contribution < 1.29 is 13.9 Å². The number of nitrogens with zero attached hydrogens (tertiary/aromatic N) is 2. The van der Waals surface area contributed by atoms with E-state index >= 15 is 0 Å². The molecule has 0 radical (unpaired) electrons. The Morgan fingerprint density at radius 1 is 1.20 bits per heavy atom. The minimum atomic E-state index is -0.523. The molecule has 0 amide bonds. The van der Waals surface area contributed by atoms with Gasteiger partial charge in [-0.1, -0.05) is 6.07 Å². The molecule has 1 aliphatic heterocycles. The highest BCUT2D eigenvalue weighted by molar-refractivity contribution is 6.52. The van der Waals surface area contributed by atoms with Gasteiger partial charge in [0.1, 0.15) is 11.4 Å². The summed E-state index contributed by atoms with van der Waals surface area (Å²) in [6.45, 7) is 0. The number of carbonyl (C=O) groups excluding carboxylic acids is 1. The fourth-order valence-corrected chi connectivity index (χ4v) is 2.19. The van der Waals surface area contributed by atoms with Crippen molar-refractivity contribution in [2.24, 2.45) is 0 Å². The maximum Gasteiger partial charge on any atom is 0.273 e. The van der Waals surface area contributed by atoms with Gasteiger partial charge in [0.25, 0.3) is 11.5 Å². The molecule has 0 saturated carbocycles. The van der Waals surface area contributed by atoms with Crippen molar-refractivity contribution in [1.82, 2.24) is 0 Å². The molecular formula is C15H7FN2O2. The van der Waals surface area contributed by atoms with Crippen LogP contribution in [0.15, 0.2) is 42.5 Å². The molecule has 0 saturated heterocycles. The third-order valence-electron chi connectivity index (χ3n) is 3.11. The predicted octanol–water partition coefficient (Wildman–Crippen LogP) is 2.52. The highest BCUT2D eigenvalue weighted by Crippen LogP contribution is 2.29. The van der Waals surface area contributed by atoms with Crippen molar-refractivity contribution in [3.8, 4) is 6.07 Å². The zero-order chi connectivity index (χ0) is 14.3. The van der Waals surface area contributed by atoms with Crippen LogP contribution in [0.2, 0.25) is 0 Å². The third-order valence-corrected chi connectivity index (χ3v) is 3.11. The molecule has 0 spiro atoms. The van der Waals surface area contributed by atoms with Gasteiger partial charge in [-0.25, -0.2) is 4.39 Å². The number of halogens is 1. The molecule has 0 bridgehead atoms. The molecule has 5 heteroatoms. The highest BCUT2D eigenvalue weighted by atomic mass is 19.1. The smallest absolute Gasteiger partial charge is 0.273 e. The molecule has 0 aromatic heterocycles. The van der Waals surface area contributed by atoms with E-state index in [4.69, 9.17) is 5.26 Å². The summed E-state index contributed by atoms with van der Waals surface area (Å²) < 4.78 is 13.7. The number of hydrogen-bond acceptors (Lipinski definition) is 3. The van der Waals surface area contributed by atoms with Crippen LogP contribution in [-0.4, -0.2) is 16.2 Å². The molecule has 1 aliphatic rings. The van der Waals surface area contributed by atoms with Crippen molar-refractivity contribution in [3.05, 3.63) is 70.2 Å². The van der Waals surface area contributed by atoms with E-state index in [0.29, 0.717) is 10.3 Å². The summed E-state index contributed by atoms with van der Waals surface area (Å²) >= 11 is 0. The standard InChI is InChI=1S/C15H7FN2O2/c16-11-3-1-2-10(7-11)14-15(19)12-6-9(8-17)4-5-13(12)18(14)20/h1-7H. The topological polar surface area (TPSA) is 66.9 Å². The van der Waals surface area contributed by atoms with Gasteiger partial charge in [0.15, 0.2) is 0 Å². The molecule has 0 fully saturated rings. The van der Waals surface area contributed by atoms with Gasteiger partial charge in [0.2, 0.25) is 5.69 Å². The van der Waals surface area contributed by atoms with Crippen LogP contribution in [0.4, 0.5) is 10.1 Å². The Kier molecular flexibility index (Phi) is 2.58. The normalized spacial score (nSPS) is 13.3. The van der Waals surface area contributed by atoms with Crippen LogP contribution in [0.1, 0.15) is 21.5 Å². The average molecular weight is 266 g/mol. The lowest BCUT2D eigenvalue weighted by atomic mass is 10.0. The Morgan fingerprint density at radius 2 is 2.00 bits per heavy atom. The summed E-state index contributed by atoms with van der Waals surface area (Å²) in [6, 6.07) is 11.5. The Balaban J connectivity index is 2.19. The van der Waals surface area contributed by atoms with Crippen LogP contribution < -0.4 is 0 Å². The van der Waals surface area contributed by atoms with Crippen molar-refractivity contribution in [1.29, 1.82) is 5.26 Å². The zero-order valence-electron chi connectivity index (χ0n) is 10.1. The molecule has 3 rings (SSSR count). The number of rotatable bonds is 1. The number of carbonyl (C=O) groups is 1. The SMILES string of the molecule is N#Cc1ccc2c(c1)C(=O)C(c1cccc(F)c1)=[N+]2[O-]. The average Bonchev–Trinajstić information content (AvgIpc) is 2.70. The Morgan fingerprint density at radius 3 is 2.70 bits per heavy atom. The van der Waals surface area contributed by atoms with Gasteiger partial charge in [-0.3, -0.25) is 4.79 Å². The molecule has 0 aliphatic carbocycles. The van der Waals surface area contributed by atoms with E-state index in [-0.39, 0.29) is 22.5 Å². The van der Waals surface area contributed by atoms with E-state index in [1.165, 1.54) is 36.4 Å². The number of nitriles is 1. The quantitative estimate of drug-likeness (QED) is 0.588. The molecule has 0 N–H and O–H groups in total. The molecule has 2 aromatic rings. The lowest BCUT2D eigenvalue weighted by molar-refractivity contribution is -0.355. The van der Waals surface area contributed by atoms with Gasteiger partial charge in [-0.2, -0.15) is 10.0 Å². The first kappa shape index (κ1) is 12.1. The van der Waals surface area contributed by atoms with E-state index in [1.54, 1.807) is 0 Å². The lowest BCUT2D eigenvalue weighted by Gasteiger charge is -2.01. The van der Waals surface area contributed by atoms with Crippen molar-refractivity contribution in [3.63, 3.8) is 0 Å². The maximum atomic E-state index is 13.2. The second-order valence-corrected chi connectivity index (χ2v) is 4.33. The molecule has 2 aromatic carbocycles. The number of Topliss-reactive ketones (excluding diaryl/α,β-unsaturated/α-hetero) is 1. The number of hydrogen-bond donors (Lipinski definition) is 0. The maximum absolute atomic E-state index is 13.2. The van der Waals surface area contributed by atoms with Crippen LogP contribution >= 0.6 is 0 Å². The minimum Gasteiger partial charge on any atom is -0.618 e. The molecular weight excluding hydrogens is 259 g/mol. The molecule has 4 nitrogen and oxygen atoms in total. The Bertz CT molecular complexity index is 819. The van der Waals surface area contributed by atoms with Crippen LogP contribution in [0.5, 0.6) is 0 Å². The van der Waals surface area contributed by atoms with Crippen LogP contribution in [0.25, 0.3) is 0 Å². The second kappa shape index (κ2) is 4.28. The monoisotopic (exact) mass is 266 g/mol. The summed E-state index contributed by atoms with van der Waals surface area (Å²) in [6.07, 6.45) is 0. The summed E-state index contributed by atoms with van der Waals surface area (Å²) in [5.41, 5.74) is 0.729. The van der Waals surface area contributed by atoms with Gasteiger partial charge in [0, 0.05) is 6.07 Å². The fraction of sp³-hybridized carbons (Fsp3) is 0. The van der Waals surface area contributed by atoms with Gasteiger partial charge in [-0.05, 0) is 30.3 Å². The van der Waals surface area contributed by atoms with Crippen molar-refractivity contribution in [2.75, 3.05) is 0 Å². The largest absolute Gasteiger partial charge is 0.618 e. The molecule has 1 heterocycles. The molecule has 96 valence electrons. The first-order valence-corrected chi connectivity index (χ1v) is 5.81. The zero-order valence-corrected chi connectivity index (χ0v) is 10.1. The van der Waals surface area contributed by atoms with Crippen LogP contribution in [0, 0.1) is 22.4 Å². The summed E-state index contributed by atoms with van der Waals surface area (Å²) in [5.74, 6) is -1.03. The van der Waals surface area contributed by atoms with Crippen LogP contribution in [-0.2, 0) is 0 Å². The lowest BCUT2D eigenvalue weighted by Crippen LogP contribution is -2.16. The molecule has 0 atom stereocenters. The summed E-state index contributed by atoms with van der Waals surface area (Å²) in [4.78, 5) is 12.3.